The molecule has 5 heteroatoms. The van der Waals surface area contributed by atoms with Crippen LogP contribution < -0.4 is 4.74 Å². The molecule has 1 rings (SSSR count). The van der Waals surface area contributed by atoms with Crippen molar-refractivity contribution in [2.75, 3.05) is 7.11 Å². The highest BCUT2D eigenvalue weighted by Crippen LogP contribution is 2.26. The fourth-order valence-corrected chi connectivity index (χ4v) is 1.20. The molecule has 0 heterocycles. The van der Waals surface area contributed by atoms with Crippen LogP contribution in [0.3, 0.4) is 0 Å². The molecule has 0 aliphatic heterocycles. The van der Waals surface area contributed by atoms with Crippen LogP contribution in [0.2, 0.25) is 0 Å². The summed E-state index contributed by atoms with van der Waals surface area (Å²) in [6.07, 6.45) is 3.64. The van der Waals surface area contributed by atoms with Crippen molar-refractivity contribution in [3.63, 3.8) is 0 Å². The lowest BCUT2D eigenvalue weighted by atomic mass is 10.1. The van der Waals surface area contributed by atoms with Gasteiger partial charge in [0.05, 0.1) is 7.11 Å². The first-order valence-electron chi connectivity index (χ1n) is 5.01. The van der Waals surface area contributed by atoms with Gasteiger partial charge in [-0.15, -0.1) is 0 Å². The number of allylic oxidation sites excluding steroid dienone is 3. The van der Waals surface area contributed by atoms with Gasteiger partial charge < -0.3 is 14.9 Å². The molecular formula is C13H12O5. The number of hydrogen-bond donors (Lipinski definition) is 2. The van der Waals surface area contributed by atoms with E-state index in [1.807, 2.05) is 0 Å². The van der Waals surface area contributed by atoms with Crippen LogP contribution in [0, 0.1) is 0 Å². The number of ketones is 1. The highest BCUT2D eigenvalue weighted by Gasteiger charge is 2.01. The van der Waals surface area contributed by atoms with Crippen molar-refractivity contribution in [3.05, 3.63) is 41.7 Å². The Morgan fingerprint density at radius 2 is 2.11 bits per heavy atom. The van der Waals surface area contributed by atoms with Crippen molar-refractivity contribution in [2.45, 2.75) is 0 Å². The molecule has 94 valence electrons. The summed E-state index contributed by atoms with van der Waals surface area (Å²) in [6, 6.07) is 4.56. The second-order valence-corrected chi connectivity index (χ2v) is 3.35. The van der Waals surface area contributed by atoms with Gasteiger partial charge in [-0.05, 0) is 23.8 Å². The zero-order valence-corrected chi connectivity index (χ0v) is 9.66. The molecule has 1 aromatic carbocycles. The summed E-state index contributed by atoms with van der Waals surface area (Å²) in [5.41, 5.74) is 0.636. The van der Waals surface area contributed by atoms with E-state index in [4.69, 9.17) is 9.84 Å². The number of carbonyl (C=O) groups is 2. The van der Waals surface area contributed by atoms with Gasteiger partial charge in [-0.3, -0.25) is 9.59 Å². The van der Waals surface area contributed by atoms with Gasteiger partial charge in [-0.1, -0.05) is 12.1 Å². The monoisotopic (exact) mass is 248 g/mol. The molecule has 1 aromatic rings. The molecule has 5 nitrogen and oxygen atoms in total. The number of carbonyl (C=O) groups excluding carboxylic acids is 2. The number of aldehydes is 1. The lowest BCUT2D eigenvalue weighted by Crippen LogP contribution is -1.91. The first-order valence-corrected chi connectivity index (χ1v) is 5.01. The minimum Gasteiger partial charge on any atom is -0.504 e. The Morgan fingerprint density at radius 3 is 2.72 bits per heavy atom. The van der Waals surface area contributed by atoms with Crippen LogP contribution in [0.5, 0.6) is 11.5 Å². The highest BCUT2D eigenvalue weighted by atomic mass is 16.5. The van der Waals surface area contributed by atoms with Gasteiger partial charge in [-0.25, -0.2) is 0 Å². The molecule has 0 unspecified atom stereocenters. The Kier molecular flexibility index (Phi) is 4.68. The van der Waals surface area contributed by atoms with Crippen LogP contribution in [0.15, 0.2) is 36.1 Å². The summed E-state index contributed by atoms with van der Waals surface area (Å²) in [5.74, 6) is -0.866. The number of phenols is 1. The largest absolute Gasteiger partial charge is 0.504 e. The van der Waals surface area contributed by atoms with Crippen molar-refractivity contribution in [2.24, 2.45) is 0 Å². The van der Waals surface area contributed by atoms with E-state index in [-0.39, 0.29) is 17.8 Å². The number of ether oxygens (including phenoxy) is 1. The Hall–Kier alpha value is -2.56. The van der Waals surface area contributed by atoms with Crippen LogP contribution in [-0.4, -0.2) is 29.4 Å². The van der Waals surface area contributed by atoms with Gasteiger partial charge in [0, 0.05) is 6.08 Å². The molecule has 2 N–H and O–H groups in total. The van der Waals surface area contributed by atoms with Crippen LogP contribution in [0.1, 0.15) is 5.56 Å². The third kappa shape index (κ3) is 3.79. The normalized spacial score (nSPS) is 11.5. The average molecular weight is 248 g/mol. The maximum Gasteiger partial charge on any atom is 0.184 e. The van der Waals surface area contributed by atoms with E-state index in [1.54, 1.807) is 12.1 Å². The molecule has 0 fully saturated rings. The van der Waals surface area contributed by atoms with Crippen LogP contribution in [0.4, 0.5) is 0 Å². The van der Waals surface area contributed by atoms with Crippen molar-refractivity contribution in [1.82, 2.24) is 0 Å². The van der Waals surface area contributed by atoms with Gasteiger partial charge in [0.25, 0.3) is 0 Å². The highest BCUT2D eigenvalue weighted by molar-refractivity contribution is 6.04. The summed E-state index contributed by atoms with van der Waals surface area (Å²) in [7, 11) is 1.42. The smallest absolute Gasteiger partial charge is 0.184 e. The lowest BCUT2D eigenvalue weighted by Gasteiger charge is -2.03. The SMILES string of the molecule is COc1cc(/C=C/C(=O)/C=C(\O)C=O)ccc1O. The fraction of sp³-hybridized carbons (Fsp3) is 0.0769. The Balaban J connectivity index is 2.85. The van der Waals surface area contributed by atoms with Crippen molar-refractivity contribution >= 4 is 18.1 Å². The number of phenolic OH excluding ortho intramolecular Hbond substituents is 1. The molecule has 0 bridgehead atoms. The first kappa shape index (κ1) is 13.5. The average Bonchev–Trinajstić information content (AvgIpc) is 2.37. The Labute approximate surface area is 104 Å². The summed E-state index contributed by atoms with van der Waals surface area (Å²) >= 11 is 0. The van der Waals surface area contributed by atoms with Gasteiger partial charge in [0.2, 0.25) is 0 Å². The third-order valence-electron chi connectivity index (χ3n) is 2.05. The van der Waals surface area contributed by atoms with Crippen LogP contribution in [-0.2, 0) is 9.59 Å². The molecule has 0 aliphatic carbocycles. The number of methoxy groups -OCH3 is 1. The first-order chi connectivity index (χ1) is 8.56. The number of hydrogen-bond acceptors (Lipinski definition) is 5. The van der Waals surface area contributed by atoms with E-state index in [2.05, 4.69) is 0 Å². The number of benzene rings is 1. The molecule has 0 aliphatic rings. The van der Waals surface area contributed by atoms with E-state index in [0.29, 0.717) is 5.56 Å². The van der Waals surface area contributed by atoms with Crippen LogP contribution >= 0.6 is 0 Å². The number of aliphatic hydroxyl groups excluding tert-OH is 1. The Morgan fingerprint density at radius 1 is 1.39 bits per heavy atom. The quantitative estimate of drug-likeness (QED) is 0.470. The van der Waals surface area contributed by atoms with Crippen molar-refractivity contribution in [3.8, 4) is 11.5 Å². The predicted octanol–water partition coefficient (Wildman–Crippen LogP) is 1.62. The Bertz CT molecular complexity index is 514. The molecule has 0 amide bonds. The van der Waals surface area contributed by atoms with Gasteiger partial charge >= 0.3 is 0 Å². The van der Waals surface area contributed by atoms with Crippen LogP contribution in [0.25, 0.3) is 6.08 Å². The molecule has 0 saturated heterocycles. The van der Waals surface area contributed by atoms with E-state index >= 15 is 0 Å². The van der Waals surface area contributed by atoms with Gasteiger partial charge in [0.15, 0.2) is 29.3 Å². The lowest BCUT2D eigenvalue weighted by molar-refractivity contribution is -0.111. The van der Waals surface area contributed by atoms with E-state index in [1.165, 1.54) is 25.3 Å². The zero-order chi connectivity index (χ0) is 13.5. The molecule has 0 aromatic heterocycles. The number of rotatable bonds is 5. The summed E-state index contributed by atoms with van der Waals surface area (Å²) in [6.45, 7) is 0. The number of aromatic hydroxyl groups is 1. The number of aliphatic hydroxyl groups is 1. The minimum absolute atomic E-state index is 0.000489. The predicted molar refractivity (Wildman–Crippen MR) is 65.5 cm³/mol. The molecule has 0 saturated carbocycles. The van der Waals surface area contributed by atoms with Gasteiger partial charge in [-0.2, -0.15) is 0 Å². The molecule has 0 atom stereocenters. The molecule has 0 radical (unpaired) electrons. The third-order valence-corrected chi connectivity index (χ3v) is 2.05. The maximum atomic E-state index is 11.2. The summed E-state index contributed by atoms with van der Waals surface area (Å²) in [4.78, 5) is 21.3. The van der Waals surface area contributed by atoms with E-state index in [9.17, 15) is 14.7 Å². The fourth-order valence-electron chi connectivity index (χ4n) is 1.20. The van der Waals surface area contributed by atoms with Crippen molar-refractivity contribution in [1.29, 1.82) is 0 Å². The zero-order valence-electron chi connectivity index (χ0n) is 9.66. The van der Waals surface area contributed by atoms with E-state index < -0.39 is 11.5 Å². The summed E-state index contributed by atoms with van der Waals surface area (Å²) in [5, 5.41) is 18.2. The van der Waals surface area contributed by atoms with E-state index in [0.717, 1.165) is 6.08 Å². The molecule has 18 heavy (non-hydrogen) atoms. The topological polar surface area (TPSA) is 83.8 Å². The molecular weight excluding hydrogens is 236 g/mol. The second-order valence-electron chi connectivity index (χ2n) is 3.35. The molecule has 0 spiro atoms. The second kappa shape index (κ2) is 6.24. The minimum atomic E-state index is -0.632. The standard InChI is InChI=1S/C13H12O5/c1-18-13-6-9(3-5-12(13)17)2-4-10(15)7-11(16)8-14/h2-8,16-17H,1H3/b4-2+,11-7-. The van der Waals surface area contributed by atoms with Gasteiger partial charge in [0.1, 0.15) is 0 Å². The van der Waals surface area contributed by atoms with Crippen molar-refractivity contribution < 1.29 is 24.5 Å². The summed E-state index contributed by atoms with van der Waals surface area (Å²) < 4.78 is 4.91. The maximum absolute atomic E-state index is 11.2.